The van der Waals surface area contributed by atoms with E-state index in [1.165, 1.54) is 30.3 Å². The fourth-order valence-electron chi connectivity index (χ4n) is 1.66. The molecule has 0 bridgehead atoms. The van der Waals surface area contributed by atoms with Crippen LogP contribution in [0.4, 0.5) is 10.1 Å². The van der Waals surface area contributed by atoms with Crippen LogP contribution < -0.4 is 5.32 Å². The number of halogens is 3. The van der Waals surface area contributed by atoms with Crippen LogP contribution >= 0.6 is 23.2 Å². The number of esters is 1. The number of hydrogen-bond donors (Lipinski definition) is 2. The average molecular weight is 358 g/mol. The molecule has 0 saturated heterocycles. The monoisotopic (exact) mass is 357 g/mol. The summed E-state index contributed by atoms with van der Waals surface area (Å²) < 4.78 is 18.2. The number of carbonyl (C=O) groups is 2. The van der Waals surface area contributed by atoms with Gasteiger partial charge in [-0.1, -0.05) is 23.2 Å². The molecule has 8 heteroatoms. The quantitative estimate of drug-likeness (QED) is 0.819. The molecule has 0 radical (unpaired) electrons. The molecule has 1 amide bonds. The molecule has 2 rings (SSSR count). The van der Waals surface area contributed by atoms with E-state index >= 15 is 0 Å². The topological polar surface area (TPSA) is 75.6 Å². The summed E-state index contributed by atoms with van der Waals surface area (Å²) in [6.07, 6.45) is 0. The molecule has 23 heavy (non-hydrogen) atoms. The second-order valence-electron chi connectivity index (χ2n) is 4.41. The number of rotatable bonds is 4. The number of amides is 1. The van der Waals surface area contributed by atoms with Crippen molar-refractivity contribution >= 4 is 40.8 Å². The lowest BCUT2D eigenvalue weighted by Crippen LogP contribution is -2.21. The standard InChI is InChI=1S/C15H10Cl2FNO4/c16-8-2-4-13(20)10(5-8)15(22)23-7-14(21)19-12-6-9(17)1-3-11(12)18/h1-6,20H,7H2,(H,19,21). The normalized spacial score (nSPS) is 10.2. The number of benzene rings is 2. The van der Waals surface area contributed by atoms with Crippen molar-refractivity contribution in [1.29, 1.82) is 0 Å². The van der Waals surface area contributed by atoms with Gasteiger partial charge in [-0.15, -0.1) is 0 Å². The maximum Gasteiger partial charge on any atom is 0.342 e. The Labute approximate surface area is 140 Å². The van der Waals surface area contributed by atoms with Crippen molar-refractivity contribution < 1.29 is 23.8 Å². The Kier molecular flexibility index (Phi) is 5.41. The van der Waals surface area contributed by atoms with E-state index in [0.29, 0.717) is 0 Å². The number of anilines is 1. The van der Waals surface area contributed by atoms with Crippen molar-refractivity contribution in [3.63, 3.8) is 0 Å². The maximum atomic E-state index is 13.5. The van der Waals surface area contributed by atoms with Crippen LogP contribution in [0.25, 0.3) is 0 Å². The van der Waals surface area contributed by atoms with Gasteiger partial charge in [-0.25, -0.2) is 9.18 Å². The second kappa shape index (κ2) is 7.30. The molecular weight excluding hydrogens is 348 g/mol. The fraction of sp³-hybridized carbons (Fsp3) is 0.0667. The zero-order chi connectivity index (χ0) is 17.0. The molecule has 120 valence electrons. The molecule has 2 N–H and O–H groups in total. The van der Waals surface area contributed by atoms with Gasteiger partial charge in [-0.3, -0.25) is 4.79 Å². The first kappa shape index (κ1) is 17.1. The van der Waals surface area contributed by atoms with Crippen LogP contribution in [-0.4, -0.2) is 23.6 Å². The SMILES string of the molecule is O=C(COC(=O)c1cc(Cl)ccc1O)Nc1cc(Cl)ccc1F. The maximum absolute atomic E-state index is 13.5. The first-order chi connectivity index (χ1) is 10.9. The predicted molar refractivity (Wildman–Crippen MR) is 83.4 cm³/mol. The highest BCUT2D eigenvalue weighted by Gasteiger charge is 2.15. The molecule has 2 aromatic carbocycles. The van der Waals surface area contributed by atoms with Crippen molar-refractivity contribution in [3.8, 4) is 5.75 Å². The van der Waals surface area contributed by atoms with Crippen LogP contribution in [0.1, 0.15) is 10.4 Å². The third-order valence-corrected chi connectivity index (χ3v) is 3.19. The Morgan fingerprint density at radius 1 is 1.13 bits per heavy atom. The van der Waals surface area contributed by atoms with Crippen molar-refractivity contribution in [2.75, 3.05) is 11.9 Å². The third-order valence-electron chi connectivity index (χ3n) is 2.72. The van der Waals surface area contributed by atoms with Gasteiger partial charge in [0.05, 0.1) is 5.69 Å². The molecule has 0 unspecified atom stereocenters. The van der Waals surface area contributed by atoms with E-state index in [1.54, 1.807) is 0 Å². The Hall–Kier alpha value is -2.31. The molecular formula is C15H10Cl2FNO4. The number of ether oxygens (including phenoxy) is 1. The van der Waals surface area contributed by atoms with E-state index in [0.717, 1.165) is 6.07 Å². The summed E-state index contributed by atoms with van der Waals surface area (Å²) in [6.45, 7) is -0.670. The number of phenols is 1. The lowest BCUT2D eigenvalue weighted by Gasteiger charge is -2.08. The zero-order valence-electron chi connectivity index (χ0n) is 11.5. The molecule has 0 heterocycles. The van der Waals surface area contributed by atoms with Crippen LogP contribution in [0.15, 0.2) is 36.4 Å². The third kappa shape index (κ3) is 4.58. The number of carbonyl (C=O) groups excluding carboxylic acids is 2. The molecule has 0 aliphatic carbocycles. The van der Waals surface area contributed by atoms with E-state index in [9.17, 15) is 19.1 Å². The van der Waals surface area contributed by atoms with Gasteiger partial charge in [0.1, 0.15) is 17.1 Å². The number of nitrogens with one attached hydrogen (secondary N) is 1. The molecule has 0 fully saturated rings. The van der Waals surface area contributed by atoms with Gasteiger partial charge in [0, 0.05) is 10.0 Å². The summed E-state index contributed by atoms with van der Waals surface area (Å²) in [5, 5.41) is 12.2. The zero-order valence-corrected chi connectivity index (χ0v) is 13.0. The molecule has 0 spiro atoms. The average Bonchev–Trinajstić information content (AvgIpc) is 2.51. The summed E-state index contributed by atoms with van der Waals surface area (Å²) >= 11 is 11.4. The number of phenolic OH excluding ortho intramolecular Hbond substituents is 1. The lowest BCUT2D eigenvalue weighted by molar-refractivity contribution is -0.119. The molecule has 0 saturated carbocycles. The Bertz CT molecular complexity index is 767. The number of hydrogen-bond acceptors (Lipinski definition) is 4. The van der Waals surface area contributed by atoms with Gasteiger partial charge in [0.2, 0.25) is 0 Å². The Balaban J connectivity index is 1.97. The molecule has 0 aliphatic heterocycles. The molecule has 0 atom stereocenters. The molecule has 2 aromatic rings. The summed E-state index contributed by atoms with van der Waals surface area (Å²) in [5.41, 5.74) is -0.316. The summed E-state index contributed by atoms with van der Waals surface area (Å²) in [6, 6.07) is 7.46. The van der Waals surface area contributed by atoms with Crippen LogP contribution in [0.3, 0.4) is 0 Å². The highest BCUT2D eigenvalue weighted by Crippen LogP contribution is 2.22. The predicted octanol–water partition coefficient (Wildman–Crippen LogP) is 3.63. The van der Waals surface area contributed by atoms with Gasteiger partial charge < -0.3 is 15.2 Å². The molecule has 0 aromatic heterocycles. The Morgan fingerprint density at radius 3 is 2.52 bits per heavy atom. The fourth-order valence-corrected chi connectivity index (χ4v) is 2.00. The van der Waals surface area contributed by atoms with Gasteiger partial charge >= 0.3 is 5.97 Å². The van der Waals surface area contributed by atoms with Crippen molar-refractivity contribution in [2.24, 2.45) is 0 Å². The Morgan fingerprint density at radius 2 is 1.78 bits per heavy atom. The van der Waals surface area contributed by atoms with E-state index in [2.05, 4.69) is 5.32 Å². The summed E-state index contributed by atoms with van der Waals surface area (Å²) in [5.74, 6) is -2.71. The molecule has 5 nitrogen and oxygen atoms in total. The van der Waals surface area contributed by atoms with E-state index in [1.807, 2.05) is 0 Å². The van der Waals surface area contributed by atoms with E-state index in [-0.39, 0.29) is 27.0 Å². The highest BCUT2D eigenvalue weighted by molar-refractivity contribution is 6.31. The van der Waals surface area contributed by atoms with E-state index in [4.69, 9.17) is 27.9 Å². The summed E-state index contributed by atoms with van der Waals surface area (Å²) in [4.78, 5) is 23.5. The number of aromatic hydroxyl groups is 1. The summed E-state index contributed by atoms with van der Waals surface area (Å²) in [7, 11) is 0. The largest absolute Gasteiger partial charge is 0.507 e. The van der Waals surface area contributed by atoms with Crippen LogP contribution in [0.2, 0.25) is 10.0 Å². The minimum Gasteiger partial charge on any atom is -0.507 e. The minimum absolute atomic E-state index is 0.135. The van der Waals surface area contributed by atoms with Gasteiger partial charge in [-0.2, -0.15) is 0 Å². The van der Waals surface area contributed by atoms with Crippen LogP contribution in [0.5, 0.6) is 5.75 Å². The first-order valence-electron chi connectivity index (χ1n) is 6.27. The van der Waals surface area contributed by atoms with Crippen LogP contribution in [-0.2, 0) is 9.53 Å². The van der Waals surface area contributed by atoms with Gasteiger partial charge in [-0.05, 0) is 36.4 Å². The van der Waals surface area contributed by atoms with Crippen molar-refractivity contribution in [2.45, 2.75) is 0 Å². The smallest absolute Gasteiger partial charge is 0.342 e. The van der Waals surface area contributed by atoms with Crippen molar-refractivity contribution in [1.82, 2.24) is 0 Å². The van der Waals surface area contributed by atoms with Crippen LogP contribution in [0, 0.1) is 5.82 Å². The van der Waals surface area contributed by atoms with E-state index < -0.39 is 24.3 Å². The van der Waals surface area contributed by atoms with Crippen molar-refractivity contribution in [3.05, 3.63) is 57.8 Å². The highest BCUT2D eigenvalue weighted by atomic mass is 35.5. The minimum atomic E-state index is -0.938. The first-order valence-corrected chi connectivity index (χ1v) is 7.03. The molecule has 0 aliphatic rings. The second-order valence-corrected chi connectivity index (χ2v) is 5.28. The van der Waals surface area contributed by atoms with Gasteiger partial charge in [0.15, 0.2) is 6.61 Å². The van der Waals surface area contributed by atoms with Gasteiger partial charge in [0.25, 0.3) is 5.91 Å². The lowest BCUT2D eigenvalue weighted by atomic mass is 10.2.